The molecule has 0 saturated carbocycles. The number of benzene rings is 2. The second kappa shape index (κ2) is 6.84. The van der Waals surface area contributed by atoms with E-state index in [1.54, 1.807) is 21.3 Å². The largest absolute Gasteiger partial charge is 0.493 e. The average Bonchev–Trinajstić information content (AvgIpc) is 2.54. The Kier molecular flexibility index (Phi) is 4.88. The van der Waals surface area contributed by atoms with Gasteiger partial charge in [0.15, 0.2) is 11.5 Å². The maximum Gasteiger partial charge on any atom is 0.203 e. The number of hydrogen-bond acceptors (Lipinski definition) is 3. The van der Waals surface area contributed by atoms with Gasteiger partial charge in [-0.1, -0.05) is 36.4 Å². The van der Waals surface area contributed by atoms with Crippen LogP contribution in [0, 0.1) is 0 Å². The monoisotopic (exact) mass is 284 g/mol. The number of methoxy groups -OCH3 is 3. The van der Waals surface area contributed by atoms with Gasteiger partial charge in [-0.25, -0.2) is 0 Å². The lowest BCUT2D eigenvalue weighted by Gasteiger charge is -2.16. The molecule has 0 spiro atoms. The predicted octanol–water partition coefficient (Wildman–Crippen LogP) is 4.41. The van der Waals surface area contributed by atoms with Gasteiger partial charge in [-0.05, 0) is 30.2 Å². The van der Waals surface area contributed by atoms with Crippen molar-refractivity contribution in [2.24, 2.45) is 0 Å². The number of hydrogen-bond donors (Lipinski definition) is 0. The van der Waals surface area contributed by atoms with Crippen LogP contribution in [0.4, 0.5) is 0 Å². The Morgan fingerprint density at radius 1 is 0.762 bits per heavy atom. The van der Waals surface area contributed by atoms with Crippen LogP contribution in [-0.2, 0) is 0 Å². The Morgan fingerprint density at radius 2 is 1.43 bits per heavy atom. The third kappa shape index (κ3) is 3.02. The molecule has 2 aromatic rings. The predicted molar refractivity (Wildman–Crippen MR) is 86.2 cm³/mol. The Labute approximate surface area is 125 Å². The van der Waals surface area contributed by atoms with Crippen molar-refractivity contribution in [2.45, 2.75) is 6.92 Å². The van der Waals surface area contributed by atoms with Gasteiger partial charge in [0.05, 0.1) is 21.3 Å². The normalized spacial score (nSPS) is 10.7. The number of rotatable bonds is 5. The molecule has 0 aliphatic carbocycles. The molecule has 0 radical (unpaired) electrons. The molecule has 3 heteroatoms. The highest BCUT2D eigenvalue weighted by Gasteiger charge is 2.16. The van der Waals surface area contributed by atoms with Crippen LogP contribution in [0.25, 0.3) is 17.2 Å². The maximum atomic E-state index is 5.52. The van der Waals surface area contributed by atoms with E-state index in [0.29, 0.717) is 17.2 Å². The first-order valence-electron chi connectivity index (χ1n) is 6.77. The molecule has 0 aliphatic rings. The number of allylic oxidation sites excluding steroid dienone is 1. The zero-order chi connectivity index (χ0) is 15.2. The van der Waals surface area contributed by atoms with Gasteiger partial charge < -0.3 is 14.2 Å². The molecule has 0 fully saturated rings. The lowest BCUT2D eigenvalue weighted by molar-refractivity contribution is 0.325. The molecule has 0 saturated heterocycles. The van der Waals surface area contributed by atoms with Crippen LogP contribution in [0.5, 0.6) is 17.2 Å². The summed E-state index contributed by atoms with van der Waals surface area (Å²) < 4.78 is 16.3. The molecule has 21 heavy (non-hydrogen) atoms. The Balaban J connectivity index is 2.52. The van der Waals surface area contributed by atoms with Crippen molar-refractivity contribution in [3.05, 3.63) is 48.0 Å². The van der Waals surface area contributed by atoms with Gasteiger partial charge in [0.25, 0.3) is 0 Å². The maximum absolute atomic E-state index is 5.52. The van der Waals surface area contributed by atoms with Gasteiger partial charge in [-0.15, -0.1) is 0 Å². The topological polar surface area (TPSA) is 27.7 Å². The van der Waals surface area contributed by atoms with Crippen LogP contribution < -0.4 is 14.2 Å². The lowest BCUT2D eigenvalue weighted by atomic mass is 10.0. The van der Waals surface area contributed by atoms with E-state index < -0.39 is 0 Å². The van der Waals surface area contributed by atoms with E-state index in [1.165, 1.54) is 5.56 Å². The van der Waals surface area contributed by atoms with Gasteiger partial charge in [-0.3, -0.25) is 0 Å². The summed E-state index contributed by atoms with van der Waals surface area (Å²) in [7, 11) is 4.86. The standard InChI is InChI=1S/C18H20O3/c1-5-6-13-7-9-14(10-8-13)15-11-12-16(19-2)18(21-4)17(15)20-3/h5-12H,1-4H3. The van der Waals surface area contributed by atoms with Crippen LogP contribution in [0.1, 0.15) is 12.5 Å². The fourth-order valence-electron chi connectivity index (χ4n) is 2.29. The van der Waals surface area contributed by atoms with Gasteiger partial charge in [0.1, 0.15) is 0 Å². The summed E-state index contributed by atoms with van der Waals surface area (Å²) >= 11 is 0. The summed E-state index contributed by atoms with van der Waals surface area (Å²) in [6.45, 7) is 2.01. The van der Waals surface area contributed by atoms with Crippen molar-refractivity contribution in [3.8, 4) is 28.4 Å². The van der Waals surface area contributed by atoms with E-state index in [0.717, 1.165) is 11.1 Å². The highest BCUT2D eigenvalue weighted by atomic mass is 16.5. The van der Waals surface area contributed by atoms with Crippen molar-refractivity contribution in [2.75, 3.05) is 21.3 Å². The third-order valence-electron chi connectivity index (χ3n) is 3.28. The quantitative estimate of drug-likeness (QED) is 0.813. The van der Waals surface area contributed by atoms with Crippen molar-refractivity contribution in [1.29, 1.82) is 0 Å². The average molecular weight is 284 g/mol. The Hall–Kier alpha value is -2.42. The van der Waals surface area contributed by atoms with E-state index in [-0.39, 0.29) is 0 Å². The Bertz CT molecular complexity index is 628. The summed E-state index contributed by atoms with van der Waals surface area (Å²) in [6, 6.07) is 12.1. The first-order chi connectivity index (χ1) is 10.2. The van der Waals surface area contributed by atoms with E-state index in [1.807, 2.05) is 25.1 Å². The molecule has 2 rings (SSSR count). The van der Waals surface area contributed by atoms with Crippen LogP contribution >= 0.6 is 0 Å². The van der Waals surface area contributed by atoms with Crippen molar-refractivity contribution < 1.29 is 14.2 Å². The smallest absolute Gasteiger partial charge is 0.203 e. The zero-order valence-corrected chi connectivity index (χ0v) is 12.8. The lowest BCUT2D eigenvalue weighted by Crippen LogP contribution is -1.96. The summed E-state index contributed by atoms with van der Waals surface area (Å²) in [5.41, 5.74) is 3.21. The fourth-order valence-corrected chi connectivity index (χ4v) is 2.29. The summed E-state index contributed by atoms with van der Waals surface area (Å²) in [5, 5.41) is 0. The molecule has 0 heterocycles. The highest BCUT2D eigenvalue weighted by molar-refractivity contribution is 5.77. The second-order valence-electron chi connectivity index (χ2n) is 4.50. The second-order valence-corrected chi connectivity index (χ2v) is 4.50. The minimum Gasteiger partial charge on any atom is -0.493 e. The Morgan fingerprint density at radius 3 is 1.95 bits per heavy atom. The van der Waals surface area contributed by atoms with Crippen LogP contribution in [-0.4, -0.2) is 21.3 Å². The van der Waals surface area contributed by atoms with Crippen LogP contribution in [0.15, 0.2) is 42.5 Å². The minimum absolute atomic E-state index is 0.607. The molecule has 0 unspecified atom stereocenters. The van der Waals surface area contributed by atoms with Gasteiger partial charge >= 0.3 is 0 Å². The molecular formula is C18H20O3. The first kappa shape index (κ1) is 15.0. The summed E-state index contributed by atoms with van der Waals surface area (Å²) in [4.78, 5) is 0. The third-order valence-corrected chi connectivity index (χ3v) is 3.28. The fraction of sp³-hybridized carbons (Fsp3) is 0.222. The molecular weight excluding hydrogens is 264 g/mol. The SMILES string of the molecule is CC=Cc1ccc(-c2ccc(OC)c(OC)c2OC)cc1. The summed E-state index contributed by atoms with van der Waals surface area (Å²) in [5.74, 6) is 1.94. The van der Waals surface area contributed by atoms with Crippen molar-refractivity contribution in [3.63, 3.8) is 0 Å². The van der Waals surface area contributed by atoms with Crippen LogP contribution in [0.3, 0.4) is 0 Å². The van der Waals surface area contributed by atoms with Gasteiger partial charge in [0, 0.05) is 5.56 Å². The summed E-state index contributed by atoms with van der Waals surface area (Å²) in [6.07, 6.45) is 4.08. The van der Waals surface area contributed by atoms with E-state index in [9.17, 15) is 0 Å². The first-order valence-corrected chi connectivity index (χ1v) is 6.77. The van der Waals surface area contributed by atoms with Crippen molar-refractivity contribution in [1.82, 2.24) is 0 Å². The molecule has 0 N–H and O–H groups in total. The highest BCUT2D eigenvalue weighted by Crippen LogP contribution is 2.44. The molecule has 2 aromatic carbocycles. The van der Waals surface area contributed by atoms with Crippen molar-refractivity contribution >= 4 is 6.08 Å². The zero-order valence-electron chi connectivity index (χ0n) is 12.8. The van der Waals surface area contributed by atoms with Gasteiger partial charge in [-0.2, -0.15) is 0 Å². The van der Waals surface area contributed by atoms with E-state index in [2.05, 4.69) is 30.3 Å². The molecule has 0 aromatic heterocycles. The minimum atomic E-state index is 0.607. The molecule has 0 atom stereocenters. The van der Waals surface area contributed by atoms with E-state index in [4.69, 9.17) is 14.2 Å². The number of ether oxygens (including phenoxy) is 3. The molecule has 0 bridgehead atoms. The molecule has 3 nitrogen and oxygen atoms in total. The van der Waals surface area contributed by atoms with Gasteiger partial charge in [0.2, 0.25) is 5.75 Å². The van der Waals surface area contributed by atoms with Crippen LogP contribution in [0.2, 0.25) is 0 Å². The molecule has 110 valence electrons. The molecule has 0 amide bonds. The van der Waals surface area contributed by atoms with E-state index >= 15 is 0 Å². The molecule has 0 aliphatic heterocycles.